The van der Waals surface area contributed by atoms with Crippen molar-refractivity contribution in [3.05, 3.63) is 47.3 Å². The average Bonchev–Trinajstić information content (AvgIpc) is 3.71. The van der Waals surface area contributed by atoms with Crippen molar-refractivity contribution in [3.63, 3.8) is 0 Å². The Hall–Kier alpha value is -2.83. The van der Waals surface area contributed by atoms with E-state index >= 15 is 0 Å². The van der Waals surface area contributed by atoms with Gasteiger partial charge in [-0.25, -0.2) is 0 Å². The minimum Gasteiger partial charge on any atom is -0.507 e. The van der Waals surface area contributed by atoms with E-state index in [9.17, 15) is 24.6 Å². The van der Waals surface area contributed by atoms with E-state index in [-0.39, 0.29) is 29.6 Å². The molecule has 0 aliphatic carbocycles. The van der Waals surface area contributed by atoms with Crippen LogP contribution in [-0.4, -0.2) is 94.4 Å². The number of nitrogens with zero attached hydrogens (tertiary/aromatic N) is 1. The molecule has 11 heteroatoms. The largest absolute Gasteiger partial charge is 0.507 e. The zero-order chi connectivity index (χ0) is 31.4. The van der Waals surface area contributed by atoms with Gasteiger partial charge < -0.3 is 39.4 Å². The number of Topliss-reactive ketones (excluding diaryl/α,β-unsaturated/α-hetero) is 1. The number of hydrogen-bond acceptors (Lipinski definition) is 9. The van der Waals surface area contributed by atoms with Gasteiger partial charge in [-0.1, -0.05) is 44.6 Å². The summed E-state index contributed by atoms with van der Waals surface area (Å²) in [6.45, 7) is 11.7. The number of epoxide rings is 1. The van der Waals surface area contributed by atoms with Crippen LogP contribution in [0.15, 0.2) is 47.3 Å². The van der Waals surface area contributed by atoms with Gasteiger partial charge in [0.1, 0.15) is 23.6 Å². The highest BCUT2D eigenvalue weighted by Crippen LogP contribution is 2.52. The Labute approximate surface area is 252 Å². The van der Waals surface area contributed by atoms with E-state index in [1.54, 1.807) is 19.9 Å². The summed E-state index contributed by atoms with van der Waals surface area (Å²) in [5.74, 6) is -3.93. The van der Waals surface area contributed by atoms with Crippen molar-refractivity contribution in [3.8, 4) is 0 Å². The van der Waals surface area contributed by atoms with Crippen LogP contribution >= 0.6 is 0 Å². The van der Waals surface area contributed by atoms with Gasteiger partial charge in [-0.05, 0) is 45.8 Å². The summed E-state index contributed by atoms with van der Waals surface area (Å²) in [5.41, 5.74) is -0.127. The maximum Gasteiger partial charge on any atom is 0.264 e. The molecule has 2 bridgehead atoms. The Morgan fingerprint density at radius 2 is 1.88 bits per heavy atom. The lowest BCUT2D eigenvalue weighted by atomic mass is 9.82. The van der Waals surface area contributed by atoms with Crippen molar-refractivity contribution in [2.45, 2.75) is 102 Å². The molecule has 0 aromatic heterocycles. The zero-order valence-electron chi connectivity index (χ0n) is 25.9. The minimum absolute atomic E-state index is 0.0220. The molecule has 0 unspecified atom stereocenters. The summed E-state index contributed by atoms with van der Waals surface area (Å²) in [6.07, 6.45) is 7.46. The van der Waals surface area contributed by atoms with E-state index in [1.165, 1.54) is 18.0 Å². The van der Waals surface area contributed by atoms with Gasteiger partial charge in [-0.15, -0.1) is 0 Å². The first-order valence-corrected chi connectivity index (χ1v) is 15.1. The number of fused-ring (bicyclic) bond motifs is 3. The number of nitrogens with one attached hydrogen (secondary N) is 1. The van der Waals surface area contributed by atoms with Crippen LogP contribution in [0.4, 0.5) is 0 Å². The zero-order valence-corrected chi connectivity index (χ0v) is 25.9. The van der Waals surface area contributed by atoms with Crippen molar-refractivity contribution in [1.82, 2.24) is 10.2 Å². The molecule has 236 valence electrons. The summed E-state index contributed by atoms with van der Waals surface area (Å²) in [4.78, 5) is 41.1. The quantitative estimate of drug-likeness (QED) is 0.100. The molecular formula is C32H44N2O9. The second-order valence-electron chi connectivity index (χ2n) is 12.7. The first-order chi connectivity index (χ1) is 20.2. The number of allylic oxidation sites excluding steroid dienone is 3. The van der Waals surface area contributed by atoms with Crippen LogP contribution in [0.1, 0.15) is 54.4 Å². The fraction of sp³-hybridized carbons (Fsp3) is 0.656. The minimum atomic E-state index is -1.15. The number of likely N-dealkylation sites (tertiary alicyclic amines) is 1. The molecule has 5 aliphatic heterocycles. The molecule has 0 radical (unpaired) electrons. The standard InChI is InChI=1S/C32H44N2O9/c1-16(14-17(2)28-18(3)23-12-13-32(15-40-32)31(6,42-23)43-28)8-9-22(36)25-27(37)26(19(4)29(38)33-7)34(30(25)39)24-11-10-21(35)20(5)41-24/h8-9,12-14,17-21,23-24,26,28,35-36H,10-11,15H2,1-7H3,(H,33,38)/b9-8+,16-14+,25-22+/t17-,18+,19+,20+,21+,23-,24+,26+,28-,31+,32-/m1/s1. The predicted octanol–water partition coefficient (Wildman–Crippen LogP) is 2.46. The Balaban J connectivity index is 1.36. The van der Waals surface area contributed by atoms with Crippen molar-refractivity contribution in [2.75, 3.05) is 13.7 Å². The number of aliphatic hydroxyl groups is 2. The highest BCUT2D eigenvalue weighted by atomic mass is 16.8. The summed E-state index contributed by atoms with van der Waals surface area (Å²) in [5, 5.41) is 23.7. The number of rotatable bonds is 7. The molecule has 5 rings (SSSR count). The maximum absolute atomic E-state index is 13.6. The monoisotopic (exact) mass is 600 g/mol. The number of amides is 2. The van der Waals surface area contributed by atoms with Crippen LogP contribution in [-0.2, 0) is 33.3 Å². The van der Waals surface area contributed by atoms with Crippen molar-refractivity contribution in [1.29, 1.82) is 0 Å². The number of carbonyl (C=O) groups is 3. The third-order valence-corrected chi connectivity index (χ3v) is 9.67. The van der Waals surface area contributed by atoms with Crippen LogP contribution in [0.5, 0.6) is 0 Å². The Bertz CT molecular complexity index is 1280. The fourth-order valence-electron chi connectivity index (χ4n) is 6.82. The SMILES string of the molecule is CNC(=O)[C@@H](C)[C@H]1C(=O)/C(=C(O)/C=C/C(C)=C/[C@@H](C)[C@H]2O[C@]3(C)O[C@H](C=C[C@@]34CO4)[C@@H]2C)C(=O)N1[C@@H]1CC[C@H](O)[C@H](C)O1. The van der Waals surface area contributed by atoms with Crippen molar-refractivity contribution < 1.29 is 43.5 Å². The molecule has 4 saturated heterocycles. The second-order valence-corrected chi connectivity index (χ2v) is 12.7. The first kappa shape index (κ1) is 31.6. The molecule has 4 fully saturated rings. The van der Waals surface area contributed by atoms with Crippen LogP contribution in [0.2, 0.25) is 0 Å². The topological polar surface area (TPSA) is 147 Å². The first-order valence-electron chi connectivity index (χ1n) is 15.1. The summed E-state index contributed by atoms with van der Waals surface area (Å²) >= 11 is 0. The Morgan fingerprint density at radius 3 is 2.51 bits per heavy atom. The van der Waals surface area contributed by atoms with Gasteiger partial charge in [0, 0.05) is 18.9 Å². The fourth-order valence-corrected chi connectivity index (χ4v) is 6.82. The van der Waals surface area contributed by atoms with Crippen molar-refractivity contribution in [2.24, 2.45) is 17.8 Å². The lowest BCUT2D eigenvalue weighted by Gasteiger charge is -2.51. The maximum atomic E-state index is 13.6. The number of hydrogen-bond donors (Lipinski definition) is 3. The molecule has 3 N–H and O–H groups in total. The molecule has 0 aromatic rings. The van der Waals surface area contributed by atoms with E-state index in [4.69, 9.17) is 18.9 Å². The second kappa shape index (κ2) is 11.6. The molecular weight excluding hydrogens is 556 g/mol. The van der Waals surface area contributed by atoms with E-state index < -0.39 is 65.1 Å². The lowest BCUT2D eigenvalue weighted by Crippen LogP contribution is -2.61. The molecule has 2 amide bonds. The van der Waals surface area contributed by atoms with Gasteiger partial charge >= 0.3 is 0 Å². The van der Waals surface area contributed by atoms with Gasteiger partial charge in [0.15, 0.2) is 11.4 Å². The summed E-state index contributed by atoms with van der Waals surface area (Å²) < 4.78 is 24.3. The van der Waals surface area contributed by atoms with Gasteiger partial charge in [0.25, 0.3) is 5.91 Å². The smallest absolute Gasteiger partial charge is 0.264 e. The molecule has 1 spiro atoms. The van der Waals surface area contributed by atoms with Gasteiger partial charge in [0.05, 0.1) is 36.9 Å². The average molecular weight is 601 g/mol. The van der Waals surface area contributed by atoms with Crippen LogP contribution in [0.25, 0.3) is 0 Å². The van der Waals surface area contributed by atoms with Gasteiger partial charge in [0.2, 0.25) is 11.7 Å². The number of carbonyl (C=O) groups excluding carboxylic acids is 3. The van der Waals surface area contributed by atoms with Crippen LogP contribution in [0, 0.1) is 17.8 Å². The third-order valence-electron chi connectivity index (χ3n) is 9.67. The van der Waals surface area contributed by atoms with E-state index in [0.717, 1.165) is 5.57 Å². The number of ketones is 1. The summed E-state index contributed by atoms with van der Waals surface area (Å²) in [6, 6.07) is -1.15. The Morgan fingerprint density at radius 1 is 1.19 bits per heavy atom. The van der Waals surface area contributed by atoms with Crippen LogP contribution < -0.4 is 5.32 Å². The summed E-state index contributed by atoms with van der Waals surface area (Å²) in [7, 11) is 1.46. The van der Waals surface area contributed by atoms with E-state index in [1.807, 2.05) is 19.9 Å². The highest BCUT2D eigenvalue weighted by molar-refractivity contribution is 6.27. The van der Waals surface area contributed by atoms with Crippen LogP contribution in [0.3, 0.4) is 0 Å². The van der Waals surface area contributed by atoms with Gasteiger partial charge in [-0.2, -0.15) is 0 Å². The Kier molecular flexibility index (Phi) is 8.51. The van der Waals surface area contributed by atoms with Gasteiger partial charge in [-0.3, -0.25) is 14.4 Å². The lowest BCUT2D eigenvalue weighted by molar-refractivity contribution is -0.346. The molecule has 0 aromatic carbocycles. The molecule has 5 aliphatic rings. The number of aliphatic hydroxyl groups excluding tert-OH is 2. The van der Waals surface area contributed by atoms with Crippen molar-refractivity contribution >= 4 is 17.6 Å². The predicted molar refractivity (Wildman–Crippen MR) is 155 cm³/mol. The normalized spacial score (nSPS) is 42.0. The molecule has 0 saturated carbocycles. The van der Waals surface area contributed by atoms with E-state index in [0.29, 0.717) is 19.4 Å². The molecule has 11 atom stereocenters. The number of ether oxygens (including phenoxy) is 4. The molecule has 11 nitrogen and oxygen atoms in total. The third kappa shape index (κ3) is 5.50. The highest BCUT2D eigenvalue weighted by Gasteiger charge is 2.66. The molecule has 43 heavy (non-hydrogen) atoms. The molecule has 5 heterocycles. The van der Waals surface area contributed by atoms with E-state index in [2.05, 4.69) is 31.3 Å².